The van der Waals surface area contributed by atoms with E-state index >= 15 is 0 Å². The Kier molecular flexibility index (Phi) is 7.07. The summed E-state index contributed by atoms with van der Waals surface area (Å²) in [6.07, 6.45) is 5.94. The van der Waals surface area contributed by atoms with Crippen LogP contribution in [0.15, 0.2) is 36.5 Å². The van der Waals surface area contributed by atoms with Gasteiger partial charge in [-0.2, -0.15) is 0 Å². The number of benzene rings is 1. The number of sulfonamides is 1. The molecule has 1 fully saturated rings. The first-order valence-corrected chi connectivity index (χ1v) is 13.4. The van der Waals surface area contributed by atoms with Gasteiger partial charge in [-0.05, 0) is 87.3 Å². The molecule has 1 aliphatic rings. The summed E-state index contributed by atoms with van der Waals surface area (Å²) >= 11 is 0. The number of aromatic amines is 1. The second kappa shape index (κ2) is 9.83. The van der Waals surface area contributed by atoms with Crippen molar-refractivity contribution in [3.05, 3.63) is 47.7 Å². The molecule has 1 aromatic carbocycles. The van der Waals surface area contributed by atoms with E-state index in [0.29, 0.717) is 19.7 Å². The molecule has 4 rings (SSSR count). The van der Waals surface area contributed by atoms with Crippen LogP contribution in [0, 0.1) is 6.92 Å². The van der Waals surface area contributed by atoms with Crippen molar-refractivity contribution < 1.29 is 13.2 Å². The lowest BCUT2D eigenvalue weighted by molar-refractivity contribution is 0.281. The van der Waals surface area contributed by atoms with Gasteiger partial charge in [-0.1, -0.05) is 0 Å². The highest BCUT2D eigenvalue weighted by atomic mass is 32.2. The van der Waals surface area contributed by atoms with Gasteiger partial charge >= 0.3 is 0 Å². The van der Waals surface area contributed by atoms with Crippen molar-refractivity contribution in [3.8, 4) is 17.0 Å². The van der Waals surface area contributed by atoms with E-state index in [0.717, 1.165) is 65.0 Å². The molecule has 3 heterocycles. The van der Waals surface area contributed by atoms with Crippen molar-refractivity contribution in [2.75, 3.05) is 46.6 Å². The minimum atomic E-state index is -3.22. The van der Waals surface area contributed by atoms with Crippen LogP contribution in [0.1, 0.15) is 36.3 Å². The molecule has 33 heavy (non-hydrogen) atoms. The number of H-pyrrole nitrogens is 1. The molecule has 1 unspecified atom stereocenters. The van der Waals surface area contributed by atoms with Crippen LogP contribution in [-0.2, 0) is 10.0 Å². The third kappa shape index (κ3) is 5.57. The van der Waals surface area contributed by atoms with Crippen molar-refractivity contribution in [1.82, 2.24) is 19.2 Å². The number of hydrogen-bond acceptors (Lipinski definition) is 5. The molecule has 0 saturated carbocycles. The van der Waals surface area contributed by atoms with Gasteiger partial charge in [0.1, 0.15) is 11.4 Å². The van der Waals surface area contributed by atoms with Gasteiger partial charge in [0.05, 0.1) is 18.6 Å². The van der Waals surface area contributed by atoms with Crippen LogP contribution in [-0.4, -0.2) is 74.2 Å². The molecule has 0 radical (unpaired) electrons. The zero-order valence-corrected chi connectivity index (χ0v) is 20.8. The Morgan fingerprint density at radius 3 is 2.70 bits per heavy atom. The highest BCUT2D eigenvalue weighted by molar-refractivity contribution is 7.88. The Balaban J connectivity index is 1.65. The van der Waals surface area contributed by atoms with Crippen LogP contribution in [0.25, 0.3) is 22.3 Å². The van der Waals surface area contributed by atoms with Gasteiger partial charge in [0.2, 0.25) is 10.0 Å². The standard InChI is InChI=1S/C25H34N4O3S/c1-18-15-22-23(20-7-5-13-29(17-20)33(4,30)31)24(27-25(22)26-16-18)19-8-10-21(11-9-19)32-14-6-12-28(2)3/h8-11,15-16,20H,5-7,12-14,17H2,1-4H3,(H,26,27). The monoisotopic (exact) mass is 470 g/mol. The Labute approximate surface area is 196 Å². The molecular weight excluding hydrogens is 436 g/mol. The number of hydrogen-bond donors (Lipinski definition) is 1. The molecule has 1 aliphatic heterocycles. The first-order valence-electron chi connectivity index (χ1n) is 11.5. The van der Waals surface area contributed by atoms with Gasteiger partial charge in [-0.15, -0.1) is 0 Å². The molecule has 0 spiro atoms. The lowest BCUT2D eigenvalue weighted by Gasteiger charge is -2.31. The maximum atomic E-state index is 12.2. The van der Waals surface area contributed by atoms with Crippen molar-refractivity contribution >= 4 is 21.1 Å². The second-order valence-electron chi connectivity index (χ2n) is 9.31. The molecule has 1 atom stereocenters. The van der Waals surface area contributed by atoms with Gasteiger partial charge in [0, 0.05) is 37.1 Å². The van der Waals surface area contributed by atoms with Crippen molar-refractivity contribution in [2.24, 2.45) is 0 Å². The third-order valence-corrected chi connectivity index (χ3v) is 7.52. The summed E-state index contributed by atoms with van der Waals surface area (Å²) in [5, 5.41) is 1.08. The third-order valence-electron chi connectivity index (χ3n) is 6.25. The van der Waals surface area contributed by atoms with E-state index < -0.39 is 10.0 Å². The summed E-state index contributed by atoms with van der Waals surface area (Å²) in [5.41, 5.74) is 5.16. The smallest absolute Gasteiger partial charge is 0.211 e. The summed E-state index contributed by atoms with van der Waals surface area (Å²) in [7, 11) is 0.897. The number of rotatable bonds is 8. The van der Waals surface area contributed by atoms with Gasteiger partial charge in [-0.25, -0.2) is 17.7 Å². The fourth-order valence-corrected chi connectivity index (χ4v) is 5.53. The number of nitrogens with one attached hydrogen (secondary N) is 1. The molecule has 0 amide bonds. The normalized spacial score (nSPS) is 17.7. The van der Waals surface area contributed by atoms with Crippen molar-refractivity contribution in [1.29, 1.82) is 0 Å². The van der Waals surface area contributed by atoms with E-state index in [4.69, 9.17) is 4.74 Å². The van der Waals surface area contributed by atoms with Crippen molar-refractivity contribution in [2.45, 2.75) is 32.1 Å². The Bertz CT molecular complexity index is 1200. The Hall–Kier alpha value is -2.42. The average Bonchev–Trinajstić information content (AvgIpc) is 3.15. The second-order valence-corrected chi connectivity index (χ2v) is 11.3. The fourth-order valence-electron chi connectivity index (χ4n) is 4.61. The first-order chi connectivity index (χ1) is 15.7. The molecule has 8 heteroatoms. The van der Waals surface area contributed by atoms with Gasteiger partial charge in [0.25, 0.3) is 0 Å². The number of ether oxygens (including phenoxy) is 1. The minimum absolute atomic E-state index is 0.114. The molecule has 3 aromatic rings. The quantitative estimate of drug-likeness (QED) is 0.504. The van der Waals surface area contributed by atoms with E-state index in [9.17, 15) is 8.42 Å². The molecule has 0 bridgehead atoms. The maximum absolute atomic E-state index is 12.2. The predicted octanol–water partition coefficient (Wildman–Crippen LogP) is 4.01. The van der Waals surface area contributed by atoms with Crippen LogP contribution in [0.4, 0.5) is 0 Å². The zero-order valence-electron chi connectivity index (χ0n) is 20.0. The van der Waals surface area contributed by atoms with Crippen LogP contribution < -0.4 is 4.74 Å². The van der Waals surface area contributed by atoms with Gasteiger partial charge < -0.3 is 14.6 Å². The largest absolute Gasteiger partial charge is 0.494 e. The summed E-state index contributed by atoms with van der Waals surface area (Å²) in [5.74, 6) is 0.966. The van der Waals surface area contributed by atoms with Gasteiger partial charge in [-0.3, -0.25) is 0 Å². The molecular formula is C25H34N4O3S. The van der Waals surface area contributed by atoms with E-state index in [1.165, 1.54) is 6.26 Å². The average molecular weight is 471 g/mol. The molecule has 1 saturated heterocycles. The number of pyridine rings is 1. The summed E-state index contributed by atoms with van der Waals surface area (Å²) in [6.45, 7) is 4.80. The summed E-state index contributed by atoms with van der Waals surface area (Å²) in [6, 6.07) is 10.3. The molecule has 2 aromatic heterocycles. The maximum Gasteiger partial charge on any atom is 0.211 e. The molecule has 0 aliphatic carbocycles. The molecule has 7 nitrogen and oxygen atoms in total. The predicted molar refractivity (Wildman–Crippen MR) is 133 cm³/mol. The van der Waals surface area contributed by atoms with Crippen LogP contribution >= 0.6 is 0 Å². The Morgan fingerprint density at radius 2 is 2.00 bits per heavy atom. The van der Waals surface area contributed by atoms with Crippen LogP contribution in [0.3, 0.4) is 0 Å². The number of fused-ring (bicyclic) bond motifs is 1. The van der Waals surface area contributed by atoms with Gasteiger partial charge in [0.15, 0.2) is 0 Å². The minimum Gasteiger partial charge on any atom is -0.494 e. The lowest BCUT2D eigenvalue weighted by atomic mass is 9.88. The van der Waals surface area contributed by atoms with Crippen molar-refractivity contribution in [3.63, 3.8) is 0 Å². The topological polar surface area (TPSA) is 78.5 Å². The number of aryl methyl sites for hydroxylation is 1. The Morgan fingerprint density at radius 1 is 1.24 bits per heavy atom. The van der Waals surface area contributed by atoms with E-state index in [2.05, 4.69) is 47.2 Å². The highest BCUT2D eigenvalue weighted by Crippen LogP contribution is 2.40. The van der Waals surface area contributed by atoms with E-state index in [-0.39, 0.29) is 5.92 Å². The van der Waals surface area contributed by atoms with E-state index in [1.807, 2.05) is 25.3 Å². The fraction of sp³-hybridized carbons (Fsp3) is 0.480. The van der Waals surface area contributed by atoms with E-state index in [1.54, 1.807) is 4.31 Å². The lowest BCUT2D eigenvalue weighted by Crippen LogP contribution is -2.38. The van der Waals surface area contributed by atoms with Crippen LogP contribution in [0.2, 0.25) is 0 Å². The number of aromatic nitrogens is 2. The zero-order chi connectivity index (χ0) is 23.6. The SMILES string of the molecule is Cc1cnc2[nH]c(-c3ccc(OCCCN(C)C)cc3)c(C3CCCN(S(C)(=O)=O)C3)c2c1. The number of nitrogens with zero attached hydrogens (tertiary/aromatic N) is 3. The number of piperidine rings is 1. The first kappa shape index (κ1) is 23.7. The summed E-state index contributed by atoms with van der Waals surface area (Å²) < 4.78 is 32.0. The highest BCUT2D eigenvalue weighted by Gasteiger charge is 2.30. The summed E-state index contributed by atoms with van der Waals surface area (Å²) in [4.78, 5) is 10.3. The molecule has 178 valence electrons. The molecule has 1 N–H and O–H groups in total. The van der Waals surface area contributed by atoms with Crippen LogP contribution in [0.5, 0.6) is 5.75 Å².